The number of rotatable bonds is 4. The summed E-state index contributed by atoms with van der Waals surface area (Å²) in [4.78, 5) is 10.6. The molecule has 84 valence electrons. The molecule has 0 saturated carbocycles. The van der Waals surface area contributed by atoms with Gasteiger partial charge in [-0.05, 0) is 12.8 Å². The summed E-state index contributed by atoms with van der Waals surface area (Å²) in [7, 11) is 4.01. The molecule has 1 N–H and O–H groups in total. The molecule has 0 aliphatic carbocycles. The van der Waals surface area contributed by atoms with Gasteiger partial charge in [0.15, 0.2) is 0 Å². The molecule has 0 radical (unpaired) electrons. The maximum atomic E-state index is 4.32. The first-order chi connectivity index (χ1) is 7.07. The van der Waals surface area contributed by atoms with Gasteiger partial charge >= 0.3 is 0 Å². The van der Waals surface area contributed by atoms with E-state index in [2.05, 4.69) is 36.1 Å². The zero-order valence-electron chi connectivity index (χ0n) is 10.2. The minimum Gasteiger partial charge on any atom is -0.370 e. The molecule has 0 atom stereocenters. The van der Waals surface area contributed by atoms with Crippen molar-refractivity contribution in [2.24, 2.45) is 0 Å². The van der Waals surface area contributed by atoms with E-state index in [9.17, 15) is 0 Å². The molecular weight excluding hydrogens is 188 g/mol. The summed E-state index contributed by atoms with van der Waals surface area (Å²) in [5.74, 6) is 2.36. The Bertz CT molecular complexity index is 320. The maximum Gasteiger partial charge on any atom is 0.137 e. The largest absolute Gasteiger partial charge is 0.370 e. The van der Waals surface area contributed by atoms with Crippen molar-refractivity contribution in [3.05, 3.63) is 11.9 Å². The first-order valence-electron chi connectivity index (χ1n) is 5.34. The van der Waals surface area contributed by atoms with Gasteiger partial charge in [0.25, 0.3) is 0 Å². The van der Waals surface area contributed by atoms with Crippen LogP contribution in [0.15, 0.2) is 6.33 Å². The van der Waals surface area contributed by atoms with Crippen molar-refractivity contribution >= 4 is 11.6 Å². The van der Waals surface area contributed by atoms with Crippen LogP contribution < -0.4 is 10.2 Å². The molecule has 0 fully saturated rings. The van der Waals surface area contributed by atoms with Crippen molar-refractivity contribution in [1.29, 1.82) is 0 Å². The molecule has 0 spiro atoms. The fourth-order valence-electron chi connectivity index (χ4n) is 1.58. The minimum absolute atomic E-state index is 0.414. The lowest BCUT2D eigenvalue weighted by Crippen LogP contribution is -2.16. The molecule has 0 unspecified atom stereocenters. The minimum atomic E-state index is 0.414. The van der Waals surface area contributed by atoms with Gasteiger partial charge in [0.2, 0.25) is 0 Å². The van der Waals surface area contributed by atoms with E-state index in [-0.39, 0.29) is 0 Å². The molecule has 0 bridgehead atoms. The predicted molar refractivity (Wildman–Crippen MR) is 64.6 cm³/mol. The Balaban J connectivity index is 3.22. The van der Waals surface area contributed by atoms with Crippen molar-refractivity contribution in [3.63, 3.8) is 0 Å². The van der Waals surface area contributed by atoms with E-state index in [4.69, 9.17) is 0 Å². The monoisotopic (exact) mass is 208 g/mol. The van der Waals surface area contributed by atoms with Crippen molar-refractivity contribution in [2.75, 3.05) is 30.9 Å². The predicted octanol–water partition coefficient (Wildman–Crippen LogP) is 2.10. The summed E-state index contributed by atoms with van der Waals surface area (Å²) >= 11 is 0. The third-order valence-electron chi connectivity index (χ3n) is 2.21. The van der Waals surface area contributed by atoms with Crippen LogP contribution in [0.1, 0.15) is 32.3 Å². The van der Waals surface area contributed by atoms with E-state index >= 15 is 0 Å². The number of nitrogens with one attached hydrogen (secondary N) is 1. The van der Waals surface area contributed by atoms with E-state index in [1.807, 2.05) is 19.0 Å². The lowest BCUT2D eigenvalue weighted by Gasteiger charge is -2.20. The Kier molecular flexibility index (Phi) is 3.88. The van der Waals surface area contributed by atoms with E-state index in [0.717, 1.165) is 18.2 Å². The fourth-order valence-corrected chi connectivity index (χ4v) is 1.58. The van der Waals surface area contributed by atoms with Gasteiger partial charge in [-0.1, -0.05) is 13.8 Å². The molecular formula is C11H20N4. The second-order valence-corrected chi connectivity index (χ2v) is 4.04. The summed E-state index contributed by atoms with van der Waals surface area (Å²) in [6, 6.07) is 0. The highest BCUT2D eigenvalue weighted by Crippen LogP contribution is 2.29. The normalized spacial score (nSPS) is 10.5. The van der Waals surface area contributed by atoms with Crippen LogP contribution in [-0.4, -0.2) is 30.6 Å². The SMILES string of the molecule is CCNc1ncnc(N(C)C)c1C(C)C. The summed E-state index contributed by atoms with van der Waals surface area (Å²) < 4.78 is 0. The molecule has 0 aliphatic rings. The molecule has 1 heterocycles. The maximum absolute atomic E-state index is 4.32. The zero-order chi connectivity index (χ0) is 11.4. The Labute approximate surface area is 91.7 Å². The van der Waals surface area contributed by atoms with Gasteiger partial charge in [-0.15, -0.1) is 0 Å². The van der Waals surface area contributed by atoms with E-state index in [1.165, 1.54) is 5.56 Å². The molecule has 1 rings (SSSR count). The Morgan fingerprint density at radius 1 is 1.33 bits per heavy atom. The fraction of sp³-hybridized carbons (Fsp3) is 0.636. The van der Waals surface area contributed by atoms with E-state index in [1.54, 1.807) is 6.33 Å². The van der Waals surface area contributed by atoms with Crippen molar-refractivity contribution in [3.8, 4) is 0 Å². The molecule has 1 aromatic rings. The van der Waals surface area contributed by atoms with Gasteiger partial charge in [0, 0.05) is 26.2 Å². The lowest BCUT2D eigenvalue weighted by molar-refractivity contribution is 0.834. The lowest BCUT2D eigenvalue weighted by atomic mass is 10.0. The molecule has 0 amide bonds. The van der Waals surface area contributed by atoms with E-state index in [0.29, 0.717) is 5.92 Å². The Hall–Kier alpha value is -1.32. The van der Waals surface area contributed by atoms with Crippen LogP contribution in [0.2, 0.25) is 0 Å². The molecule has 0 aromatic carbocycles. The quantitative estimate of drug-likeness (QED) is 0.822. The first kappa shape index (κ1) is 11.8. The Morgan fingerprint density at radius 2 is 2.00 bits per heavy atom. The highest BCUT2D eigenvalue weighted by molar-refractivity contribution is 5.59. The average Bonchev–Trinajstić information content (AvgIpc) is 2.17. The standard InChI is InChI=1S/C11H20N4/c1-6-12-10-9(8(2)3)11(15(4)5)14-7-13-10/h7-8H,6H2,1-5H3,(H,12,13,14). The van der Waals surface area contributed by atoms with Gasteiger partial charge in [-0.25, -0.2) is 9.97 Å². The number of aromatic nitrogens is 2. The number of anilines is 2. The van der Waals surface area contributed by atoms with Gasteiger partial charge in [0.05, 0.1) is 0 Å². The van der Waals surface area contributed by atoms with Crippen molar-refractivity contribution in [1.82, 2.24) is 9.97 Å². The van der Waals surface area contributed by atoms with Gasteiger partial charge in [-0.2, -0.15) is 0 Å². The third kappa shape index (κ3) is 2.58. The van der Waals surface area contributed by atoms with Crippen molar-refractivity contribution < 1.29 is 0 Å². The molecule has 4 heteroatoms. The number of hydrogen-bond acceptors (Lipinski definition) is 4. The molecule has 0 saturated heterocycles. The summed E-state index contributed by atoms with van der Waals surface area (Å²) in [6.07, 6.45) is 1.61. The topological polar surface area (TPSA) is 41.1 Å². The van der Waals surface area contributed by atoms with Crippen LogP contribution in [0.3, 0.4) is 0 Å². The molecule has 4 nitrogen and oxygen atoms in total. The molecule has 0 aliphatic heterocycles. The van der Waals surface area contributed by atoms with Crippen LogP contribution in [0.25, 0.3) is 0 Å². The van der Waals surface area contributed by atoms with Crippen LogP contribution in [0.4, 0.5) is 11.6 Å². The summed E-state index contributed by atoms with van der Waals surface area (Å²) in [5, 5.41) is 3.27. The van der Waals surface area contributed by atoms with Crippen LogP contribution >= 0.6 is 0 Å². The Morgan fingerprint density at radius 3 is 2.47 bits per heavy atom. The van der Waals surface area contributed by atoms with Gasteiger partial charge in [0.1, 0.15) is 18.0 Å². The van der Waals surface area contributed by atoms with Crippen LogP contribution in [-0.2, 0) is 0 Å². The summed E-state index contributed by atoms with van der Waals surface area (Å²) in [6.45, 7) is 7.27. The van der Waals surface area contributed by atoms with Crippen molar-refractivity contribution in [2.45, 2.75) is 26.7 Å². The highest BCUT2D eigenvalue weighted by Gasteiger charge is 2.15. The van der Waals surface area contributed by atoms with E-state index < -0.39 is 0 Å². The summed E-state index contributed by atoms with van der Waals surface area (Å²) in [5.41, 5.74) is 1.18. The second kappa shape index (κ2) is 4.96. The van der Waals surface area contributed by atoms with Gasteiger partial charge in [-0.3, -0.25) is 0 Å². The number of nitrogens with zero attached hydrogens (tertiary/aromatic N) is 3. The molecule has 1 aromatic heterocycles. The van der Waals surface area contributed by atoms with Crippen LogP contribution in [0, 0.1) is 0 Å². The highest BCUT2D eigenvalue weighted by atomic mass is 15.2. The smallest absolute Gasteiger partial charge is 0.137 e. The molecule has 15 heavy (non-hydrogen) atoms. The first-order valence-corrected chi connectivity index (χ1v) is 5.34. The number of hydrogen-bond donors (Lipinski definition) is 1. The zero-order valence-corrected chi connectivity index (χ0v) is 10.2. The average molecular weight is 208 g/mol. The third-order valence-corrected chi connectivity index (χ3v) is 2.21. The van der Waals surface area contributed by atoms with Gasteiger partial charge < -0.3 is 10.2 Å². The van der Waals surface area contributed by atoms with Crippen LogP contribution in [0.5, 0.6) is 0 Å². The second-order valence-electron chi connectivity index (χ2n) is 4.04.